The van der Waals surface area contributed by atoms with Crippen LogP contribution in [-0.2, 0) is 26.0 Å². The molecule has 2 fully saturated rings. The number of fused-ring (bicyclic) bond motifs is 1. The van der Waals surface area contributed by atoms with E-state index in [9.17, 15) is 13.2 Å². The smallest absolute Gasteiger partial charge is 0.240 e. The van der Waals surface area contributed by atoms with Crippen LogP contribution in [0.1, 0.15) is 37.7 Å². The van der Waals surface area contributed by atoms with Gasteiger partial charge in [-0.15, -0.1) is 0 Å². The number of rotatable bonds is 5. The summed E-state index contributed by atoms with van der Waals surface area (Å²) in [6.45, 7) is 1.67. The molecule has 1 saturated heterocycles. The second-order valence-electron chi connectivity index (χ2n) is 7.15. The number of carbonyl (C=O) groups excluding carboxylic acids is 1. The Labute approximate surface area is 148 Å². The first-order valence-electron chi connectivity index (χ1n) is 9.10. The Morgan fingerprint density at radius 2 is 2.08 bits per heavy atom. The van der Waals surface area contributed by atoms with Crippen molar-refractivity contribution in [2.24, 2.45) is 5.92 Å². The van der Waals surface area contributed by atoms with Crippen molar-refractivity contribution in [2.75, 3.05) is 24.6 Å². The van der Waals surface area contributed by atoms with Gasteiger partial charge in [-0.3, -0.25) is 4.79 Å². The van der Waals surface area contributed by atoms with E-state index in [2.05, 4.69) is 4.72 Å². The number of sulfonamides is 1. The lowest BCUT2D eigenvalue weighted by Gasteiger charge is -2.29. The maximum atomic E-state index is 12.5. The Kier molecular flexibility index (Phi) is 4.56. The van der Waals surface area contributed by atoms with Crippen molar-refractivity contribution in [3.63, 3.8) is 0 Å². The number of anilines is 1. The molecule has 1 aliphatic carbocycles. The summed E-state index contributed by atoms with van der Waals surface area (Å²) in [5, 5.41) is 0. The third-order valence-corrected chi connectivity index (χ3v) is 6.92. The number of nitrogens with one attached hydrogen (secondary N) is 1. The molecule has 1 atom stereocenters. The third-order valence-electron chi connectivity index (χ3n) is 5.50. The minimum absolute atomic E-state index is 0.0280. The maximum absolute atomic E-state index is 12.5. The summed E-state index contributed by atoms with van der Waals surface area (Å²) in [6.07, 6.45) is 5.64. The Morgan fingerprint density at radius 3 is 2.76 bits per heavy atom. The van der Waals surface area contributed by atoms with Crippen LogP contribution in [0, 0.1) is 5.92 Å². The summed E-state index contributed by atoms with van der Waals surface area (Å²) in [7, 11) is -3.55. The molecule has 0 aromatic heterocycles. The topological polar surface area (TPSA) is 75.7 Å². The summed E-state index contributed by atoms with van der Waals surface area (Å²) >= 11 is 0. The summed E-state index contributed by atoms with van der Waals surface area (Å²) in [4.78, 5) is 14.6. The van der Waals surface area contributed by atoms with E-state index in [0.717, 1.165) is 43.4 Å². The van der Waals surface area contributed by atoms with Gasteiger partial charge in [-0.2, -0.15) is 0 Å². The van der Waals surface area contributed by atoms with Gasteiger partial charge in [-0.1, -0.05) is 6.42 Å². The highest BCUT2D eigenvalue weighted by Gasteiger charge is 2.34. The molecule has 25 heavy (non-hydrogen) atoms. The van der Waals surface area contributed by atoms with E-state index in [4.69, 9.17) is 4.74 Å². The molecule has 1 aromatic carbocycles. The normalized spacial score (nSPS) is 23.5. The molecule has 1 N–H and O–H groups in total. The largest absolute Gasteiger partial charge is 0.377 e. The molecule has 6 nitrogen and oxygen atoms in total. The highest BCUT2D eigenvalue weighted by atomic mass is 32.2. The van der Waals surface area contributed by atoms with Crippen LogP contribution < -0.4 is 9.62 Å². The molecule has 1 saturated carbocycles. The standard InChI is InChI=1S/C18H24N2O4S/c21-18(13-3-1-4-13)20-9-8-14-11-16(6-7-17(14)20)25(22,23)19-12-15-5-2-10-24-15/h6-7,11,13,15,19H,1-5,8-10,12H2. The number of ether oxygens (including phenoxy) is 1. The molecular weight excluding hydrogens is 340 g/mol. The number of carbonyl (C=O) groups is 1. The number of hydrogen-bond acceptors (Lipinski definition) is 4. The van der Waals surface area contributed by atoms with E-state index in [1.807, 2.05) is 4.90 Å². The molecule has 136 valence electrons. The monoisotopic (exact) mass is 364 g/mol. The van der Waals surface area contributed by atoms with Gasteiger partial charge in [-0.25, -0.2) is 13.1 Å². The summed E-state index contributed by atoms with van der Waals surface area (Å²) in [5.74, 6) is 0.347. The highest BCUT2D eigenvalue weighted by molar-refractivity contribution is 7.89. The molecule has 2 heterocycles. The summed E-state index contributed by atoms with van der Waals surface area (Å²) in [5.41, 5.74) is 1.81. The Balaban J connectivity index is 1.48. The second-order valence-corrected chi connectivity index (χ2v) is 8.91. The van der Waals surface area contributed by atoms with Gasteiger partial charge in [0, 0.05) is 31.3 Å². The first-order valence-corrected chi connectivity index (χ1v) is 10.6. The van der Waals surface area contributed by atoms with Gasteiger partial charge in [0.2, 0.25) is 15.9 Å². The molecule has 0 bridgehead atoms. The molecule has 2 aliphatic heterocycles. The van der Waals surface area contributed by atoms with E-state index in [1.165, 1.54) is 0 Å². The van der Waals surface area contributed by atoms with Gasteiger partial charge in [0.1, 0.15) is 0 Å². The Bertz CT molecular complexity index is 767. The average molecular weight is 364 g/mol. The second kappa shape index (κ2) is 6.70. The van der Waals surface area contributed by atoms with E-state index in [1.54, 1.807) is 18.2 Å². The minimum atomic E-state index is -3.55. The van der Waals surface area contributed by atoms with Gasteiger partial charge >= 0.3 is 0 Å². The van der Waals surface area contributed by atoms with Crippen LogP contribution in [0.4, 0.5) is 5.69 Å². The molecule has 3 aliphatic rings. The Morgan fingerprint density at radius 1 is 1.24 bits per heavy atom. The maximum Gasteiger partial charge on any atom is 0.240 e. The van der Waals surface area contributed by atoms with E-state index >= 15 is 0 Å². The minimum Gasteiger partial charge on any atom is -0.377 e. The number of benzene rings is 1. The fourth-order valence-corrected chi connectivity index (χ4v) is 4.86. The number of amides is 1. The van der Waals surface area contributed by atoms with Gasteiger partial charge in [-0.05, 0) is 55.9 Å². The van der Waals surface area contributed by atoms with Crippen LogP contribution in [0.5, 0.6) is 0 Å². The summed E-state index contributed by atoms with van der Waals surface area (Å²) < 4.78 is 33.2. The first-order chi connectivity index (χ1) is 12.0. The SMILES string of the molecule is O=C(C1CCC1)N1CCc2cc(S(=O)(=O)NCC3CCCO3)ccc21. The van der Waals surface area contributed by atoms with Crippen LogP contribution in [0.2, 0.25) is 0 Å². The van der Waals surface area contributed by atoms with Crippen LogP contribution in [-0.4, -0.2) is 40.1 Å². The van der Waals surface area contributed by atoms with Crippen LogP contribution in [0.3, 0.4) is 0 Å². The molecule has 7 heteroatoms. The van der Waals surface area contributed by atoms with Crippen molar-refractivity contribution >= 4 is 21.6 Å². The molecular formula is C18H24N2O4S. The third kappa shape index (κ3) is 3.32. The quantitative estimate of drug-likeness (QED) is 0.865. The molecule has 1 amide bonds. The van der Waals surface area contributed by atoms with E-state index < -0.39 is 10.0 Å². The molecule has 1 aromatic rings. The number of nitrogens with zero attached hydrogens (tertiary/aromatic N) is 1. The van der Waals surface area contributed by atoms with Crippen molar-refractivity contribution in [1.82, 2.24) is 4.72 Å². The molecule has 0 radical (unpaired) electrons. The van der Waals surface area contributed by atoms with Crippen LogP contribution in [0.25, 0.3) is 0 Å². The van der Waals surface area contributed by atoms with E-state index in [-0.39, 0.29) is 22.8 Å². The van der Waals surface area contributed by atoms with Gasteiger partial charge in [0.15, 0.2) is 0 Å². The molecule has 0 spiro atoms. The first kappa shape index (κ1) is 17.0. The zero-order valence-corrected chi connectivity index (χ0v) is 15.1. The number of hydrogen-bond donors (Lipinski definition) is 1. The van der Waals surface area contributed by atoms with Crippen molar-refractivity contribution < 1.29 is 17.9 Å². The van der Waals surface area contributed by atoms with E-state index in [0.29, 0.717) is 26.1 Å². The fourth-order valence-electron chi connectivity index (χ4n) is 3.74. The average Bonchev–Trinajstić information content (AvgIpc) is 3.20. The van der Waals surface area contributed by atoms with Gasteiger partial charge in [0.25, 0.3) is 0 Å². The molecule has 1 unspecified atom stereocenters. The predicted octanol–water partition coefficient (Wildman–Crippen LogP) is 1.83. The Hall–Kier alpha value is -1.44. The van der Waals surface area contributed by atoms with Gasteiger partial charge in [0.05, 0.1) is 11.0 Å². The van der Waals surface area contributed by atoms with Crippen molar-refractivity contribution in [2.45, 2.75) is 49.5 Å². The highest BCUT2D eigenvalue weighted by Crippen LogP contribution is 2.35. The van der Waals surface area contributed by atoms with Crippen molar-refractivity contribution in [3.8, 4) is 0 Å². The predicted molar refractivity (Wildman–Crippen MR) is 94.0 cm³/mol. The lowest BCUT2D eigenvalue weighted by atomic mass is 9.84. The van der Waals surface area contributed by atoms with Crippen LogP contribution in [0.15, 0.2) is 23.1 Å². The lowest BCUT2D eigenvalue weighted by molar-refractivity contribution is -0.124. The zero-order valence-electron chi connectivity index (χ0n) is 14.2. The summed E-state index contributed by atoms with van der Waals surface area (Å²) in [6, 6.07) is 5.09. The van der Waals surface area contributed by atoms with Gasteiger partial charge < -0.3 is 9.64 Å². The van der Waals surface area contributed by atoms with Crippen molar-refractivity contribution in [1.29, 1.82) is 0 Å². The fraction of sp³-hybridized carbons (Fsp3) is 0.611. The van der Waals surface area contributed by atoms with Crippen LogP contribution >= 0.6 is 0 Å². The molecule has 4 rings (SSSR count). The lowest BCUT2D eigenvalue weighted by Crippen LogP contribution is -2.37. The zero-order chi connectivity index (χ0) is 17.4. The van der Waals surface area contributed by atoms with Crippen molar-refractivity contribution in [3.05, 3.63) is 23.8 Å².